The van der Waals surface area contributed by atoms with Gasteiger partial charge in [0.25, 0.3) is 0 Å². The number of fused-ring (bicyclic) bond motifs is 1. The van der Waals surface area contributed by atoms with Crippen LogP contribution in [0.5, 0.6) is 0 Å². The van der Waals surface area contributed by atoms with Crippen molar-refractivity contribution in [2.45, 2.75) is 64.5 Å². The molecule has 0 radical (unpaired) electrons. The second kappa shape index (κ2) is 6.06. The van der Waals surface area contributed by atoms with Crippen LogP contribution < -0.4 is 0 Å². The molecule has 0 atom stereocenters. The van der Waals surface area contributed by atoms with Gasteiger partial charge in [0.1, 0.15) is 0 Å². The van der Waals surface area contributed by atoms with E-state index in [1.165, 1.54) is 23.8 Å². The predicted molar refractivity (Wildman–Crippen MR) is 109 cm³/mol. The standard InChI is InChI=1S/C23H31N3O2/c1-15(2)26-12-18-5-4-16(7-20(18)24-26)6-17-8-23(9-17)13-25(14-23)21(27)19-10-22(3,28)11-19/h4-5,7,12,15,17,19,28H,6,8-11,13-14H2,1-3H3/t19-,22+. The molecule has 0 bridgehead atoms. The molecule has 1 N–H and O–H groups in total. The van der Waals surface area contributed by atoms with Crippen LogP contribution in [0.15, 0.2) is 24.4 Å². The number of benzene rings is 1. The van der Waals surface area contributed by atoms with Gasteiger partial charge >= 0.3 is 0 Å². The van der Waals surface area contributed by atoms with Gasteiger partial charge in [0.05, 0.1) is 11.1 Å². The summed E-state index contributed by atoms with van der Waals surface area (Å²) in [4.78, 5) is 14.5. The van der Waals surface area contributed by atoms with Crippen molar-refractivity contribution in [3.05, 3.63) is 30.0 Å². The highest BCUT2D eigenvalue weighted by molar-refractivity contribution is 5.81. The molecule has 5 nitrogen and oxygen atoms in total. The lowest BCUT2D eigenvalue weighted by Gasteiger charge is -2.60. The Labute approximate surface area is 166 Å². The van der Waals surface area contributed by atoms with Gasteiger partial charge in [-0.3, -0.25) is 9.48 Å². The minimum absolute atomic E-state index is 0.0561. The van der Waals surface area contributed by atoms with E-state index in [9.17, 15) is 9.90 Å². The molecule has 1 aromatic carbocycles. The van der Waals surface area contributed by atoms with Crippen molar-refractivity contribution >= 4 is 16.8 Å². The number of nitrogens with zero attached hydrogens (tertiary/aromatic N) is 3. The van der Waals surface area contributed by atoms with Crippen molar-refractivity contribution in [3.8, 4) is 0 Å². The Kier molecular flexibility index (Phi) is 3.93. The van der Waals surface area contributed by atoms with Gasteiger partial charge in [-0.1, -0.05) is 12.1 Å². The highest BCUT2D eigenvalue weighted by atomic mass is 16.3. The van der Waals surface area contributed by atoms with E-state index >= 15 is 0 Å². The van der Waals surface area contributed by atoms with Gasteiger partial charge in [0, 0.05) is 42.0 Å². The first-order chi connectivity index (χ1) is 13.2. The van der Waals surface area contributed by atoms with Crippen molar-refractivity contribution in [3.63, 3.8) is 0 Å². The van der Waals surface area contributed by atoms with Crippen molar-refractivity contribution in [2.24, 2.45) is 17.3 Å². The smallest absolute Gasteiger partial charge is 0.225 e. The number of likely N-dealkylation sites (tertiary alicyclic amines) is 1. The molecule has 2 saturated carbocycles. The number of aromatic nitrogens is 2. The monoisotopic (exact) mass is 381 g/mol. The summed E-state index contributed by atoms with van der Waals surface area (Å²) in [7, 11) is 0. The number of carbonyl (C=O) groups excluding carboxylic acids is 1. The first kappa shape index (κ1) is 18.2. The van der Waals surface area contributed by atoms with E-state index in [1.54, 1.807) is 0 Å². The zero-order chi connectivity index (χ0) is 19.7. The molecular weight excluding hydrogens is 350 g/mol. The molecule has 0 unspecified atom stereocenters. The maximum absolute atomic E-state index is 12.5. The van der Waals surface area contributed by atoms with E-state index in [0.717, 1.165) is 30.9 Å². The first-order valence-electron chi connectivity index (χ1n) is 10.7. The highest BCUT2D eigenvalue weighted by Crippen LogP contribution is 2.54. The quantitative estimate of drug-likeness (QED) is 0.881. The van der Waals surface area contributed by atoms with Crippen LogP contribution in [0.2, 0.25) is 0 Å². The maximum atomic E-state index is 12.5. The lowest BCUT2D eigenvalue weighted by Crippen LogP contribution is -2.66. The molecule has 3 fully saturated rings. The van der Waals surface area contributed by atoms with E-state index < -0.39 is 5.60 Å². The Morgan fingerprint density at radius 3 is 2.61 bits per heavy atom. The van der Waals surface area contributed by atoms with Gasteiger partial charge in [0.15, 0.2) is 0 Å². The van der Waals surface area contributed by atoms with Gasteiger partial charge in [0.2, 0.25) is 5.91 Å². The van der Waals surface area contributed by atoms with E-state index in [-0.39, 0.29) is 11.8 Å². The largest absolute Gasteiger partial charge is 0.390 e. The minimum Gasteiger partial charge on any atom is -0.390 e. The number of amides is 1. The van der Waals surface area contributed by atoms with Gasteiger partial charge in [-0.05, 0) is 70.4 Å². The summed E-state index contributed by atoms with van der Waals surface area (Å²) in [5.41, 5.74) is 2.24. The molecule has 5 rings (SSSR count). The lowest BCUT2D eigenvalue weighted by molar-refractivity contribution is -0.171. The first-order valence-corrected chi connectivity index (χ1v) is 10.7. The molecule has 1 aromatic heterocycles. The molecule has 28 heavy (non-hydrogen) atoms. The normalized spacial score (nSPS) is 29.0. The van der Waals surface area contributed by atoms with Gasteiger partial charge in [-0.2, -0.15) is 5.10 Å². The van der Waals surface area contributed by atoms with Crippen LogP contribution in [0.3, 0.4) is 0 Å². The zero-order valence-electron chi connectivity index (χ0n) is 17.2. The predicted octanol–water partition coefficient (Wildman–Crippen LogP) is 3.56. The molecular formula is C23H31N3O2. The van der Waals surface area contributed by atoms with Crippen LogP contribution in [0, 0.1) is 17.3 Å². The summed E-state index contributed by atoms with van der Waals surface area (Å²) in [5.74, 6) is 1.05. The van der Waals surface area contributed by atoms with Gasteiger partial charge in [-0.25, -0.2) is 0 Å². The van der Waals surface area contributed by atoms with Crippen LogP contribution >= 0.6 is 0 Å². The third kappa shape index (κ3) is 3.04. The number of aliphatic hydroxyl groups is 1. The maximum Gasteiger partial charge on any atom is 0.225 e. The average molecular weight is 382 g/mol. The molecule has 1 amide bonds. The molecule has 150 valence electrons. The third-order valence-electron chi connectivity index (χ3n) is 7.17. The number of carbonyl (C=O) groups is 1. The summed E-state index contributed by atoms with van der Waals surface area (Å²) in [6.45, 7) is 7.99. The van der Waals surface area contributed by atoms with Crippen molar-refractivity contribution in [1.82, 2.24) is 14.7 Å². The Morgan fingerprint density at radius 1 is 1.25 bits per heavy atom. The molecule has 1 saturated heterocycles. The average Bonchev–Trinajstić information content (AvgIpc) is 2.96. The molecule has 3 aliphatic rings. The molecule has 2 aliphatic carbocycles. The van der Waals surface area contributed by atoms with Crippen molar-refractivity contribution in [2.75, 3.05) is 13.1 Å². The summed E-state index contributed by atoms with van der Waals surface area (Å²) in [5, 5.41) is 15.8. The second-order valence-electron chi connectivity index (χ2n) is 10.4. The van der Waals surface area contributed by atoms with Gasteiger partial charge < -0.3 is 10.0 Å². The van der Waals surface area contributed by atoms with Crippen molar-refractivity contribution in [1.29, 1.82) is 0 Å². The van der Waals surface area contributed by atoms with Crippen LogP contribution in [-0.2, 0) is 11.2 Å². The highest BCUT2D eigenvalue weighted by Gasteiger charge is 2.55. The fourth-order valence-electron chi connectivity index (χ4n) is 5.73. The summed E-state index contributed by atoms with van der Waals surface area (Å²) >= 11 is 0. The van der Waals surface area contributed by atoms with E-state index in [4.69, 9.17) is 5.10 Å². The topological polar surface area (TPSA) is 58.4 Å². The fourth-order valence-corrected chi connectivity index (χ4v) is 5.73. The van der Waals surface area contributed by atoms with E-state index in [0.29, 0.717) is 24.3 Å². The lowest BCUT2D eigenvalue weighted by atomic mass is 9.56. The Morgan fingerprint density at radius 2 is 1.96 bits per heavy atom. The van der Waals surface area contributed by atoms with Crippen LogP contribution in [-0.4, -0.2) is 44.4 Å². The Balaban J connectivity index is 1.13. The van der Waals surface area contributed by atoms with Crippen LogP contribution in [0.25, 0.3) is 10.9 Å². The van der Waals surface area contributed by atoms with Gasteiger partial charge in [-0.15, -0.1) is 0 Å². The third-order valence-corrected chi connectivity index (χ3v) is 7.17. The zero-order valence-corrected chi connectivity index (χ0v) is 17.2. The number of hydrogen-bond acceptors (Lipinski definition) is 3. The minimum atomic E-state index is -0.615. The fraction of sp³-hybridized carbons (Fsp3) is 0.652. The SMILES string of the molecule is CC(C)n1cc2ccc(CC3CC4(C3)CN(C(=O)[C@H]3C[C@@](C)(O)C3)C4)cc2n1. The molecule has 1 aliphatic heterocycles. The van der Waals surface area contributed by atoms with Crippen molar-refractivity contribution < 1.29 is 9.90 Å². The van der Waals surface area contributed by atoms with E-state index in [1.807, 2.05) is 16.5 Å². The molecule has 1 spiro atoms. The van der Waals surface area contributed by atoms with Crippen LogP contribution in [0.4, 0.5) is 0 Å². The number of rotatable bonds is 4. The summed E-state index contributed by atoms with van der Waals surface area (Å²) < 4.78 is 2.04. The second-order valence-corrected chi connectivity index (χ2v) is 10.4. The molecule has 2 aromatic rings. The summed E-state index contributed by atoms with van der Waals surface area (Å²) in [6, 6.07) is 7.08. The van der Waals surface area contributed by atoms with Crippen LogP contribution in [0.1, 0.15) is 58.1 Å². The Bertz CT molecular complexity index is 907. The number of hydrogen-bond donors (Lipinski definition) is 1. The molecule has 2 heterocycles. The molecule has 5 heteroatoms. The summed E-state index contributed by atoms with van der Waals surface area (Å²) in [6.07, 6.45) is 6.98. The van der Waals surface area contributed by atoms with E-state index in [2.05, 4.69) is 38.2 Å². The Hall–Kier alpha value is -1.88.